The number of carbonyl (C=O) groups is 2. The molecule has 2 aromatic rings. The number of hydrogen-bond donors (Lipinski definition) is 1. The second-order valence-corrected chi connectivity index (χ2v) is 6.34. The summed E-state index contributed by atoms with van der Waals surface area (Å²) in [4.78, 5) is 37.3. The molecule has 2 aromatic carbocycles. The first-order chi connectivity index (χ1) is 13.8. The number of methoxy groups -OCH3 is 1. The van der Waals surface area contributed by atoms with Gasteiger partial charge in [0, 0.05) is 39.4 Å². The number of rotatable bonds is 9. The normalized spacial score (nSPS) is 11.4. The number of likely N-dealkylation sites (N-methyl/N-ethyl adjacent to an activating group) is 1. The highest BCUT2D eigenvalue weighted by Crippen LogP contribution is 2.27. The fourth-order valence-electron chi connectivity index (χ4n) is 2.55. The highest BCUT2D eigenvalue weighted by Gasteiger charge is 2.28. The Kier molecular flexibility index (Phi) is 7.67. The van der Waals surface area contributed by atoms with Crippen LogP contribution in [0.4, 0.5) is 11.4 Å². The van der Waals surface area contributed by atoms with Gasteiger partial charge in [-0.25, -0.2) is 4.79 Å². The summed E-state index contributed by atoms with van der Waals surface area (Å²) in [6.07, 6.45) is -1.16. The summed E-state index contributed by atoms with van der Waals surface area (Å²) in [5.74, 6) is -1.25. The largest absolute Gasteiger partial charge is 0.444 e. The van der Waals surface area contributed by atoms with Gasteiger partial charge in [0.05, 0.1) is 17.1 Å². The minimum atomic E-state index is -1.16. The number of ether oxygens (including phenoxy) is 2. The minimum Gasteiger partial charge on any atom is -0.444 e. The Morgan fingerprint density at radius 2 is 1.86 bits per heavy atom. The standard InChI is InChI=1S/C20H23N3O6/c1-22(2)19(24)18(14-7-5-4-6-8-14)29-20(25)15-9-10-16(21-11-12-28-3)17(13-15)23(26)27/h4-10,13,18,21H,11-12H2,1-3H3. The molecule has 0 aliphatic rings. The molecule has 9 heteroatoms. The third-order valence-electron chi connectivity index (χ3n) is 4.04. The average molecular weight is 401 g/mol. The molecule has 0 aromatic heterocycles. The zero-order valence-electron chi connectivity index (χ0n) is 16.5. The molecule has 9 nitrogen and oxygen atoms in total. The fraction of sp³-hybridized carbons (Fsp3) is 0.300. The van der Waals surface area contributed by atoms with Gasteiger partial charge in [-0.15, -0.1) is 0 Å². The van der Waals surface area contributed by atoms with Crippen molar-refractivity contribution in [2.45, 2.75) is 6.10 Å². The van der Waals surface area contributed by atoms with Crippen molar-refractivity contribution in [2.24, 2.45) is 0 Å². The molecule has 1 N–H and O–H groups in total. The van der Waals surface area contributed by atoms with Gasteiger partial charge in [0.15, 0.2) is 0 Å². The van der Waals surface area contributed by atoms with Gasteiger partial charge in [0.25, 0.3) is 11.6 Å². The van der Waals surface area contributed by atoms with Crippen LogP contribution in [-0.2, 0) is 14.3 Å². The van der Waals surface area contributed by atoms with Gasteiger partial charge in [-0.2, -0.15) is 0 Å². The van der Waals surface area contributed by atoms with Crippen molar-refractivity contribution < 1.29 is 24.0 Å². The van der Waals surface area contributed by atoms with Crippen molar-refractivity contribution in [1.29, 1.82) is 0 Å². The van der Waals surface area contributed by atoms with Gasteiger partial charge in [0.1, 0.15) is 5.69 Å². The molecular formula is C20H23N3O6. The van der Waals surface area contributed by atoms with Crippen molar-refractivity contribution in [3.8, 4) is 0 Å². The number of anilines is 1. The van der Waals surface area contributed by atoms with Crippen LogP contribution in [0.2, 0.25) is 0 Å². The zero-order chi connectivity index (χ0) is 21.4. The van der Waals surface area contributed by atoms with Gasteiger partial charge < -0.3 is 19.7 Å². The summed E-state index contributed by atoms with van der Waals surface area (Å²) in [6.45, 7) is 0.737. The molecule has 0 aliphatic carbocycles. The lowest BCUT2D eigenvalue weighted by molar-refractivity contribution is -0.384. The van der Waals surface area contributed by atoms with Crippen LogP contribution < -0.4 is 5.32 Å². The molecular weight excluding hydrogens is 378 g/mol. The summed E-state index contributed by atoms with van der Waals surface area (Å²) in [6, 6.07) is 12.5. The molecule has 2 rings (SSSR count). The molecule has 0 spiro atoms. The van der Waals surface area contributed by atoms with Crippen molar-refractivity contribution >= 4 is 23.3 Å². The predicted molar refractivity (Wildman–Crippen MR) is 107 cm³/mol. The average Bonchev–Trinajstić information content (AvgIpc) is 2.72. The van der Waals surface area contributed by atoms with Gasteiger partial charge in [-0.05, 0) is 12.1 Å². The highest BCUT2D eigenvalue weighted by atomic mass is 16.6. The molecule has 0 saturated carbocycles. The van der Waals surface area contributed by atoms with Crippen LogP contribution in [0, 0.1) is 10.1 Å². The Bertz CT molecular complexity index is 870. The number of benzene rings is 2. The Hall–Kier alpha value is -3.46. The van der Waals surface area contributed by atoms with E-state index in [1.807, 2.05) is 0 Å². The van der Waals surface area contributed by atoms with E-state index in [1.54, 1.807) is 44.4 Å². The summed E-state index contributed by atoms with van der Waals surface area (Å²) < 4.78 is 10.3. The van der Waals surface area contributed by atoms with E-state index in [4.69, 9.17) is 9.47 Å². The summed E-state index contributed by atoms with van der Waals surface area (Å²) >= 11 is 0. The van der Waals surface area contributed by atoms with E-state index in [9.17, 15) is 19.7 Å². The van der Waals surface area contributed by atoms with Crippen LogP contribution in [0.15, 0.2) is 48.5 Å². The Labute approximate surface area is 168 Å². The Balaban J connectivity index is 2.28. The van der Waals surface area contributed by atoms with Gasteiger partial charge in [-0.1, -0.05) is 30.3 Å². The maximum absolute atomic E-state index is 12.6. The molecule has 0 saturated heterocycles. The number of nitrogens with one attached hydrogen (secondary N) is 1. The van der Waals surface area contributed by atoms with Crippen LogP contribution in [0.25, 0.3) is 0 Å². The molecule has 29 heavy (non-hydrogen) atoms. The number of hydrogen-bond acceptors (Lipinski definition) is 7. The van der Waals surface area contributed by atoms with E-state index in [-0.39, 0.29) is 16.9 Å². The molecule has 0 heterocycles. The summed E-state index contributed by atoms with van der Waals surface area (Å²) in [5, 5.41) is 14.3. The fourth-order valence-corrected chi connectivity index (χ4v) is 2.55. The molecule has 1 unspecified atom stereocenters. The first-order valence-electron chi connectivity index (χ1n) is 8.83. The minimum absolute atomic E-state index is 0.0264. The van der Waals surface area contributed by atoms with Crippen LogP contribution in [0.1, 0.15) is 22.0 Å². The highest BCUT2D eigenvalue weighted by molar-refractivity contribution is 5.94. The van der Waals surface area contributed by atoms with E-state index in [0.29, 0.717) is 18.7 Å². The first-order valence-corrected chi connectivity index (χ1v) is 8.83. The number of nitrogens with zero attached hydrogens (tertiary/aromatic N) is 2. The molecule has 0 radical (unpaired) electrons. The zero-order valence-corrected chi connectivity index (χ0v) is 16.5. The van der Waals surface area contributed by atoms with E-state index >= 15 is 0 Å². The number of amides is 1. The third kappa shape index (κ3) is 5.76. The van der Waals surface area contributed by atoms with Gasteiger partial charge in [0.2, 0.25) is 6.10 Å². The SMILES string of the molecule is COCCNc1ccc(C(=O)OC(C(=O)N(C)C)c2ccccc2)cc1[N+](=O)[O-]. The van der Waals surface area contributed by atoms with E-state index in [1.165, 1.54) is 24.1 Å². The van der Waals surface area contributed by atoms with Crippen LogP contribution >= 0.6 is 0 Å². The summed E-state index contributed by atoms with van der Waals surface area (Å²) in [7, 11) is 4.63. The summed E-state index contributed by atoms with van der Waals surface area (Å²) in [5.41, 5.74) is 0.465. The van der Waals surface area contributed by atoms with E-state index in [0.717, 1.165) is 6.07 Å². The van der Waals surface area contributed by atoms with Crippen LogP contribution in [-0.4, -0.2) is 56.1 Å². The Morgan fingerprint density at radius 3 is 2.45 bits per heavy atom. The smallest absolute Gasteiger partial charge is 0.339 e. The lowest BCUT2D eigenvalue weighted by Gasteiger charge is -2.21. The van der Waals surface area contributed by atoms with Crippen LogP contribution in [0.3, 0.4) is 0 Å². The van der Waals surface area contributed by atoms with Gasteiger partial charge in [-0.3, -0.25) is 14.9 Å². The van der Waals surface area contributed by atoms with E-state index in [2.05, 4.69) is 5.32 Å². The topological polar surface area (TPSA) is 111 Å². The quantitative estimate of drug-likeness (QED) is 0.298. The number of esters is 1. The second kappa shape index (κ2) is 10.2. The lowest BCUT2D eigenvalue weighted by Crippen LogP contribution is -2.31. The molecule has 0 fully saturated rings. The van der Waals surface area contributed by atoms with Crippen molar-refractivity contribution in [1.82, 2.24) is 4.90 Å². The third-order valence-corrected chi connectivity index (χ3v) is 4.04. The molecule has 0 bridgehead atoms. The lowest BCUT2D eigenvalue weighted by atomic mass is 10.1. The molecule has 1 atom stereocenters. The van der Waals surface area contributed by atoms with Gasteiger partial charge >= 0.3 is 5.97 Å². The van der Waals surface area contributed by atoms with Crippen LogP contribution in [0.5, 0.6) is 0 Å². The maximum atomic E-state index is 12.6. The van der Waals surface area contributed by atoms with Crippen molar-refractivity contribution in [3.05, 3.63) is 69.8 Å². The molecule has 0 aliphatic heterocycles. The monoisotopic (exact) mass is 401 g/mol. The number of nitro groups is 1. The van der Waals surface area contributed by atoms with E-state index < -0.39 is 22.9 Å². The van der Waals surface area contributed by atoms with Crippen molar-refractivity contribution in [3.63, 3.8) is 0 Å². The number of carbonyl (C=O) groups excluding carboxylic acids is 2. The molecule has 1 amide bonds. The first kappa shape index (κ1) is 21.8. The molecule has 154 valence electrons. The maximum Gasteiger partial charge on any atom is 0.339 e. The van der Waals surface area contributed by atoms with Crippen molar-refractivity contribution in [2.75, 3.05) is 39.7 Å². The number of nitro benzene ring substituents is 1. The second-order valence-electron chi connectivity index (χ2n) is 6.34. The Morgan fingerprint density at radius 1 is 1.17 bits per heavy atom. The predicted octanol–water partition coefficient (Wildman–Crippen LogP) is 2.64.